The molecule has 6 heteroatoms. The van der Waals surface area contributed by atoms with Gasteiger partial charge in [0.2, 0.25) is 0 Å². The van der Waals surface area contributed by atoms with Crippen LogP contribution in [0.5, 0.6) is 0 Å². The van der Waals surface area contributed by atoms with Crippen molar-refractivity contribution in [2.75, 3.05) is 5.32 Å². The molecule has 1 amide bonds. The summed E-state index contributed by atoms with van der Waals surface area (Å²) in [5, 5.41) is 18.5. The second kappa shape index (κ2) is 4.97. The molecule has 94 valence electrons. The Kier molecular flexibility index (Phi) is 3.38. The fraction of sp³-hybridized carbons (Fsp3) is 0.250. The van der Waals surface area contributed by atoms with Gasteiger partial charge in [-0.25, -0.2) is 4.98 Å². The van der Waals surface area contributed by atoms with Crippen molar-refractivity contribution in [2.24, 2.45) is 0 Å². The Morgan fingerprint density at radius 3 is 2.89 bits per heavy atom. The van der Waals surface area contributed by atoms with E-state index in [2.05, 4.69) is 20.5 Å². The second-order valence-electron chi connectivity index (χ2n) is 3.99. The maximum atomic E-state index is 11.4. The summed E-state index contributed by atoms with van der Waals surface area (Å²) in [7, 11) is 0. The Labute approximate surface area is 104 Å². The largest absolute Gasteiger partial charge is 0.384 e. The summed E-state index contributed by atoms with van der Waals surface area (Å²) in [5.74, 6) is 0.849. The van der Waals surface area contributed by atoms with Gasteiger partial charge in [-0.3, -0.25) is 9.89 Å². The van der Waals surface area contributed by atoms with Gasteiger partial charge in [-0.05, 0) is 26.0 Å². The van der Waals surface area contributed by atoms with Crippen LogP contribution in [0.2, 0.25) is 0 Å². The summed E-state index contributed by atoms with van der Waals surface area (Å²) in [6.45, 7) is 3.23. The Morgan fingerprint density at radius 2 is 2.28 bits per heavy atom. The number of aryl methyl sites for hydroxylation is 1. The van der Waals surface area contributed by atoms with E-state index in [-0.39, 0.29) is 0 Å². The van der Waals surface area contributed by atoms with Crippen molar-refractivity contribution in [1.29, 1.82) is 0 Å². The molecule has 0 aliphatic carbocycles. The van der Waals surface area contributed by atoms with E-state index >= 15 is 0 Å². The number of H-pyrrole nitrogens is 1. The molecule has 2 rings (SSSR count). The maximum Gasteiger partial charge on any atom is 0.252 e. The fourth-order valence-corrected chi connectivity index (χ4v) is 1.45. The van der Waals surface area contributed by atoms with Crippen molar-refractivity contribution in [3.63, 3.8) is 0 Å². The zero-order valence-electron chi connectivity index (χ0n) is 10.1. The molecule has 18 heavy (non-hydrogen) atoms. The van der Waals surface area contributed by atoms with E-state index in [4.69, 9.17) is 5.11 Å². The Morgan fingerprint density at radius 1 is 1.50 bits per heavy atom. The zero-order valence-corrected chi connectivity index (χ0v) is 10.1. The number of nitrogens with one attached hydrogen (secondary N) is 2. The number of anilines is 1. The van der Waals surface area contributed by atoms with Crippen LogP contribution in [0.4, 0.5) is 5.69 Å². The lowest BCUT2D eigenvalue weighted by Crippen LogP contribution is -2.24. The maximum absolute atomic E-state index is 11.4. The molecule has 1 heterocycles. The van der Waals surface area contributed by atoms with E-state index in [9.17, 15) is 4.79 Å². The molecule has 6 nitrogen and oxygen atoms in total. The standard InChI is InChI=1S/C12H14N4O2/c1-7(17)12(18)14-10-5-3-4-9(6-10)11-13-8(2)15-16-11/h3-7,17H,1-2H3,(H,14,18)(H,13,15,16). The number of aliphatic hydroxyl groups is 1. The number of carbonyl (C=O) groups is 1. The van der Waals surface area contributed by atoms with Gasteiger partial charge in [0.1, 0.15) is 11.9 Å². The molecular weight excluding hydrogens is 232 g/mol. The van der Waals surface area contributed by atoms with E-state index in [0.29, 0.717) is 11.5 Å². The predicted octanol–water partition coefficient (Wildman–Crippen LogP) is 1.10. The average Bonchev–Trinajstić information content (AvgIpc) is 2.76. The van der Waals surface area contributed by atoms with Gasteiger partial charge >= 0.3 is 0 Å². The van der Waals surface area contributed by atoms with Crippen molar-refractivity contribution in [1.82, 2.24) is 15.2 Å². The number of nitrogens with zero attached hydrogens (tertiary/aromatic N) is 2. The lowest BCUT2D eigenvalue weighted by molar-refractivity contribution is -0.123. The van der Waals surface area contributed by atoms with Crippen LogP contribution >= 0.6 is 0 Å². The molecule has 1 aromatic carbocycles. The molecular formula is C12H14N4O2. The smallest absolute Gasteiger partial charge is 0.252 e. The summed E-state index contributed by atoms with van der Waals surface area (Å²) < 4.78 is 0. The second-order valence-corrected chi connectivity index (χ2v) is 3.99. The van der Waals surface area contributed by atoms with Gasteiger partial charge in [0.25, 0.3) is 5.91 Å². The minimum atomic E-state index is -1.04. The number of hydrogen-bond acceptors (Lipinski definition) is 4. The Balaban J connectivity index is 2.23. The van der Waals surface area contributed by atoms with E-state index < -0.39 is 12.0 Å². The highest BCUT2D eigenvalue weighted by Crippen LogP contribution is 2.19. The number of carbonyl (C=O) groups excluding carboxylic acids is 1. The van der Waals surface area contributed by atoms with Gasteiger partial charge in [-0.2, -0.15) is 5.10 Å². The number of rotatable bonds is 3. The highest BCUT2D eigenvalue weighted by molar-refractivity contribution is 5.94. The number of hydrogen-bond donors (Lipinski definition) is 3. The molecule has 3 N–H and O–H groups in total. The van der Waals surface area contributed by atoms with Crippen molar-refractivity contribution in [3.05, 3.63) is 30.1 Å². The third-order valence-electron chi connectivity index (χ3n) is 2.36. The van der Waals surface area contributed by atoms with E-state index in [1.165, 1.54) is 6.92 Å². The average molecular weight is 246 g/mol. The minimum Gasteiger partial charge on any atom is -0.384 e. The number of benzene rings is 1. The first-order valence-electron chi connectivity index (χ1n) is 5.54. The SMILES string of the molecule is Cc1nc(-c2cccc(NC(=O)C(C)O)c2)n[nH]1. The molecule has 0 saturated carbocycles. The van der Waals surface area contributed by atoms with Gasteiger partial charge in [-0.1, -0.05) is 12.1 Å². The van der Waals surface area contributed by atoms with Crippen molar-refractivity contribution in [3.8, 4) is 11.4 Å². The third kappa shape index (κ3) is 2.72. The molecule has 1 aromatic heterocycles. The Bertz CT molecular complexity index is 563. The van der Waals surface area contributed by atoms with Crippen LogP contribution < -0.4 is 5.32 Å². The molecule has 1 atom stereocenters. The highest BCUT2D eigenvalue weighted by Gasteiger charge is 2.10. The monoisotopic (exact) mass is 246 g/mol. The fourth-order valence-electron chi connectivity index (χ4n) is 1.45. The summed E-state index contributed by atoms with van der Waals surface area (Å²) in [5.41, 5.74) is 1.39. The van der Waals surface area contributed by atoms with Crippen LogP contribution in [0, 0.1) is 6.92 Å². The number of aromatic amines is 1. The molecule has 0 saturated heterocycles. The predicted molar refractivity (Wildman–Crippen MR) is 66.9 cm³/mol. The van der Waals surface area contributed by atoms with Crippen LogP contribution in [0.1, 0.15) is 12.7 Å². The highest BCUT2D eigenvalue weighted by atomic mass is 16.3. The van der Waals surface area contributed by atoms with Crippen molar-refractivity contribution < 1.29 is 9.90 Å². The van der Waals surface area contributed by atoms with E-state index in [1.807, 2.05) is 13.0 Å². The normalized spacial score (nSPS) is 12.2. The molecule has 0 spiro atoms. The summed E-state index contributed by atoms with van der Waals surface area (Å²) >= 11 is 0. The molecule has 0 aliphatic heterocycles. The number of aromatic nitrogens is 3. The number of amides is 1. The van der Waals surface area contributed by atoms with Crippen LogP contribution in [0.15, 0.2) is 24.3 Å². The summed E-state index contributed by atoms with van der Waals surface area (Å²) in [4.78, 5) is 15.6. The van der Waals surface area contributed by atoms with E-state index in [1.54, 1.807) is 18.2 Å². The topological polar surface area (TPSA) is 90.9 Å². The first-order chi connectivity index (χ1) is 8.56. The summed E-state index contributed by atoms with van der Waals surface area (Å²) in [6, 6.07) is 7.13. The van der Waals surface area contributed by atoms with Crippen LogP contribution in [0.3, 0.4) is 0 Å². The minimum absolute atomic E-state index is 0.446. The van der Waals surface area contributed by atoms with Crippen LogP contribution in [-0.4, -0.2) is 32.3 Å². The molecule has 0 radical (unpaired) electrons. The van der Waals surface area contributed by atoms with E-state index in [0.717, 1.165) is 11.4 Å². The van der Waals surface area contributed by atoms with Crippen molar-refractivity contribution >= 4 is 11.6 Å². The van der Waals surface area contributed by atoms with Gasteiger partial charge in [0.05, 0.1) is 0 Å². The van der Waals surface area contributed by atoms with Gasteiger partial charge in [-0.15, -0.1) is 0 Å². The lowest BCUT2D eigenvalue weighted by Gasteiger charge is -2.07. The third-order valence-corrected chi connectivity index (χ3v) is 2.36. The Hall–Kier alpha value is -2.21. The van der Waals surface area contributed by atoms with Crippen LogP contribution in [-0.2, 0) is 4.79 Å². The molecule has 0 aliphatic rings. The lowest BCUT2D eigenvalue weighted by atomic mass is 10.2. The zero-order chi connectivity index (χ0) is 13.1. The van der Waals surface area contributed by atoms with Gasteiger partial charge in [0, 0.05) is 11.3 Å². The van der Waals surface area contributed by atoms with Crippen LogP contribution in [0.25, 0.3) is 11.4 Å². The first kappa shape index (κ1) is 12.3. The summed E-state index contributed by atoms with van der Waals surface area (Å²) in [6.07, 6.45) is -1.04. The molecule has 2 aromatic rings. The molecule has 1 unspecified atom stereocenters. The van der Waals surface area contributed by atoms with Gasteiger partial charge in [0.15, 0.2) is 5.82 Å². The quantitative estimate of drug-likeness (QED) is 0.756. The number of aliphatic hydroxyl groups excluding tert-OH is 1. The molecule has 0 bridgehead atoms. The molecule has 0 fully saturated rings. The first-order valence-corrected chi connectivity index (χ1v) is 5.54. The van der Waals surface area contributed by atoms with Crippen molar-refractivity contribution in [2.45, 2.75) is 20.0 Å². The van der Waals surface area contributed by atoms with Gasteiger partial charge < -0.3 is 10.4 Å².